The van der Waals surface area contributed by atoms with Crippen LogP contribution in [0.2, 0.25) is 0 Å². The van der Waals surface area contributed by atoms with E-state index in [9.17, 15) is 18.0 Å². The van der Waals surface area contributed by atoms with E-state index in [2.05, 4.69) is 17.0 Å². The van der Waals surface area contributed by atoms with Crippen molar-refractivity contribution in [2.24, 2.45) is 0 Å². The normalized spacial score (nSPS) is 12.0. The van der Waals surface area contributed by atoms with E-state index in [1.54, 1.807) is 43.2 Å². The molecule has 0 saturated carbocycles. The van der Waals surface area contributed by atoms with Gasteiger partial charge in [0, 0.05) is 26.1 Å². The van der Waals surface area contributed by atoms with Crippen molar-refractivity contribution in [3.05, 3.63) is 95.6 Å². The first-order chi connectivity index (χ1) is 19.3. The van der Waals surface area contributed by atoms with Gasteiger partial charge >= 0.3 is 0 Å². The van der Waals surface area contributed by atoms with Crippen molar-refractivity contribution in [3.63, 3.8) is 0 Å². The predicted octanol–water partition coefficient (Wildman–Crippen LogP) is 4.61. The van der Waals surface area contributed by atoms with Crippen LogP contribution in [0.25, 0.3) is 0 Å². The molecule has 2 amide bonds. The van der Waals surface area contributed by atoms with Crippen LogP contribution in [0.5, 0.6) is 5.75 Å². The lowest BCUT2D eigenvalue weighted by molar-refractivity contribution is -0.141. The minimum atomic E-state index is -3.55. The fourth-order valence-electron chi connectivity index (χ4n) is 4.35. The van der Waals surface area contributed by atoms with E-state index in [4.69, 9.17) is 4.74 Å². The Labute approximate surface area is 237 Å². The summed E-state index contributed by atoms with van der Waals surface area (Å²) in [5.74, 6) is 0.303. The lowest BCUT2D eigenvalue weighted by atomic mass is 10.0. The largest absolute Gasteiger partial charge is 0.497 e. The number of hydrogen-bond donors (Lipinski definition) is 2. The number of rotatable bonds is 15. The Kier molecular flexibility index (Phi) is 11.7. The van der Waals surface area contributed by atoms with Gasteiger partial charge in [-0.05, 0) is 53.8 Å². The summed E-state index contributed by atoms with van der Waals surface area (Å²) in [6.45, 7) is 4.86. The molecular formula is C31H39N3O5S. The number of aryl methyl sites for hydroxylation is 1. The van der Waals surface area contributed by atoms with Crippen molar-refractivity contribution in [1.82, 2.24) is 14.9 Å². The van der Waals surface area contributed by atoms with Crippen LogP contribution in [0.3, 0.4) is 0 Å². The Bertz CT molecular complexity index is 1330. The van der Waals surface area contributed by atoms with Crippen LogP contribution in [-0.2, 0) is 32.6 Å². The number of amides is 2. The predicted molar refractivity (Wildman–Crippen MR) is 156 cm³/mol. The van der Waals surface area contributed by atoms with E-state index in [1.807, 2.05) is 54.6 Å². The highest BCUT2D eigenvalue weighted by atomic mass is 32.2. The molecule has 8 nitrogen and oxygen atoms in total. The van der Waals surface area contributed by atoms with Gasteiger partial charge in [-0.15, -0.1) is 0 Å². The number of methoxy groups -OCH3 is 1. The van der Waals surface area contributed by atoms with E-state index in [0.717, 1.165) is 29.5 Å². The monoisotopic (exact) mass is 565 g/mol. The van der Waals surface area contributed by atoms with Gasteiger partial charge < -0.3 is 15.0 Å². The lowest BCUT2D eigenvalue weighted by Crippen LogP contribution is -2.43. The standard InChI is InChI=1S/C31H39N3O5S/c1-4-6-22-32-31(36)30(26-10-8-7-9-11-26)34(23-25-12-17-27(39-3)18-13-25)29(35)21-16-24-14-19-28(20-15-24)40(37,38)33-5-2/h7-15,17-20,30,33H,4-6,16,21-23H2,1-3H3,(H,32,36)/t30-/m0/s1. The zero-order chi connectivity index (χ0) is 29.0. The van der Waals surface area contributed by atoms with Crippen molar-refractivity contribution in [2.75, 3.05) is 20.2 Å². The fraction of sp³-hybridized carbons (Fsp3) is 0.355. The van der Waals surface area contributed by atoms with E-state index < -0.39 is 16.1 Å². The summed E-state index contributed by atoms with van der Waals surface area (Å²) >= 11 is 0. The van der Waals surface area contributed by atoms with Gasteiger partial charge in [-0.25, -0.2) is 13.1 Å². The fourth-order valence-corrected chi connectivity index (χ4v) is 5.39. The zero-order valence-electron chi connectivity index (χ0n) is 23.4. The maximum absolute atomic E-state index is 13.8. The van der Waals surface area contributed by atoms with Gasteiger partial charge in [-0.1, -0.05) is 74.9 Å². The molecule has 0 fully saturated rings. The first kappa shape index (κ1) is 30.8. The third-order valence-electron chi connectivity index (χ3n) is 6.53. The highest BCUT2D eigenvalue weighted by Crippen LogP contribution is 2.26. The molecule has 0 aliphatic heterocycles. The van der Waals surface area contributed by atoms with Crippen LogP contribution in [0.15, 0.2) is 83.8 Å². The molecule has 0 saturated heterocycles. The first-order valence-corrected chi connectivity index (χ1v) is 15.1. The van der Waals surface area contributed by atoms with E-state index in [0.29, 0.717) is 25.3 Å². The average molecular weight is 566 g/mol. The number of ether oxygens (including phenoxy) is 1. The quantitative estimate of drug-likeness (QED) is 0.262. The molecule has 0 aliphatic carbocycles. The molecule has 214 valence electrons. The average Bonchev–Trinajstić information content (AvgIpc) is 2.97. The van der Waals surface area contributed by atoms with E-state index in [-0.39, 0.29) is 29.7 Å². The number of benzene rings is 3. The number of carbonyl (C=O) groups is 2. The van der Waals surface area contributed by atoms with E-state index >= 15 is 0 Å². The first-order valence-electron chi connectivity index (χ1n) is 13.6. The van der Waals surface area contributed by atoms with Crippen LogP contribution in [0, 0.1) is 0 Å². The van der Waals surface area contributed by atoms with Crippen LogP contribution < -0.4 is 14.8 Å². The molecule has 0 aliphatic rings. The van der Waals surface area contributed by atoms with Crippen LogP contribution >= 0.6 is 0 Å². The molecular weight excluding hydrogens is 526 g/mol. The van der Waals surface area contributed by atoms with Gasteiger partial charge in [0.05, 0.1) is 12.0 Å². The summed E-state index contributed by atoms with van der Waals surface area (Å²) in [5, 5.41) is 3.01. The number of sulfonamides is 1. The molecule has 0 radical (unpaired) electrons. The number of unbranched alkanes of at least 4 members (excludes halogenated alkanes) is 1. The topological polar surface area (TPSA) is 105 Å². The summed E-state index contributed by atoms with van der Waals surface area (Å²) in [5.41, 5.74) is 2.43. The zero-order valence-corrected chi connectivity index (χ0v) is 24.2. The minimum Gasteiger partial charge on any atom is -0.497 e. The molecule has 9 heteroatoms. The maximum atomic E-state index is 13.8. The van der Waals surface area contributed by atoms with Gasteiger partial charge in [-0.2, -0.15) is 0 Å². The van der Waals surface area contributed by atoms with Crippen LogP contribution in [-0.4, -0.2) is 45.3 Å². The molecule has 0 unspecified atom stereocenters. The summed E-state index contributed by atoms with van der Waals surface area (Å²) in [6.07, 6.45) is 2.35. The highest BCUT2D eigenvalue weighted by Gasteiger charge is 2.31. The molecule has 3 aromatic rings. The van der Waals surface area contributed by atoms with Crippen LogP contribution in [0.4, 0.5) is 0 Å². The van der Waals surface area contributed by atoms with Crippen molar-refractivity contribution in [3.8, 4) is 5.75 Å². The molecule has 0 spiro atoms. The van der Waals surface area contributed by atoms with Crippen molar-refractivity contribution < 1.29 is 22.7 Å². The van der Waals surface area contributed by atoms with E-state index in [1.165, 1.54) is 0 Å². The van der Waals surface area contributed by atoms with Gasteiger partial charge in [0.25, 0.3) is 0 Å². The Balaban J connectivity index is 1.88. The Morgan fingerprint density at radius 1 is 0.900 bits per heavy atom. The number of nitrogens with one attached hydrogen (secondary N) is 2. The third kappa shape index (κ3) is 8.66. The molecule has 0 heterocycles. The van der Waals surface area contributed by atoms with Gasteiger partial charge in [0.1, 0.15) is 11.8 Å². The Hall–Kier alpha value is -3.69. The van der Waals surface area contributed by atoms with Gasteiger partial charge in [0.15, 0.2) is 0 Å². The molecule has 3 aromatic carbocycles. The van der Waals surface area contributed by atoms with Crippen LogP contribution in [0.1, 0.15) is 55.8 Å². The van der Waals surface area contributed by atoms with Crippen molar-refractivity contribution in [1.29, 1.82) is 0 Å². The molecule has 40 heavy (non-hydrogen) atoms. The molecule has 3 rings (SSSR count). The SMILES string of the molecule is CCCCNC(=O)[C@H](c1ccccc1)N(Cc1ccc(OC)cc1)C(=O)CCc1ccc(S(=O)(=O)NCC)cc1. The summed E-state index contributed by atoms with van der Waals surface area (Å²) < 4.78 is 32.3. The highest BCUT2D eigenvalue weighted by molar-refractivity contribution is 7.89. The minimum absolute atomic E-state index is 0.154. The second kappa shape index (κ2) is 15.2. The van der Waals surface area contributed by atoms with Crippen molar-refractivity contribution >= 4 is 21.8 Å². The molecule has 0 aromatic heterocycles. The summed E-state index contributed by atoms with van der Waals surface area (Å²) in [6, 6.07) is 22.5. The smallest absolute Gasteiger partial charge is 0.247 e. The van der Waals surface area contributed by atoms with Gasteiger partial charge in [0.2, 0.25) is 21.8 Å². The lowest BCUT2D eigenvalue weighted by Gasteiger charge is -2.32. The van der Waals surface area contributed by atoms with Crippen molar-refractivity contribution in [2.45, 2.75) is 57.0 Å². The summed E-state index contributed by atoms with van der Waals surface area (Å²) in [7, 11) is -1.95. The Morgan fingerprint density at radius 3 is 2.15 bits per heavy atom. The molecule has 2 N–H and O–H groups in total. The summed E-state index contributed by atoms with van der Waals surface area (Å²) in [4.78, 5) is 29.2. The molecule has 0 bridgehead atoms. The third-order valence-corrected chi connectivity index (χ3v) is 8.09. The number of hydrogen-bond acceptors (Lipinski definition) is 5. The Morgan fingerprint density at radius 2 is 1.55 bits per heavy atom. The maximum Gasteiger partial charge on any atom is 0.247 e. The molecule has 1 atom stereocenters. The number of carbonyl (C=O) groups excluding carboxylic acids is 2. The second-order valence-electron chi connectivity index (χ2n) is 9.47. The van der Waals surface area contributed by atoms with Gasteiger partial charge in [-0.3, -0.25) is 9.59 Å². The number of nitrogens with zero attached hydrogens (tertiary/aromatic N) is 1. The second-order valence-corrected chi connectivity index (χ2v) is 11.2.